The fourth-order valence-electron chi connectivity index (χ4n) is 3.86. The molecule has 5 heteroatoms. The van der Waals surface area contributed by atoms with Crippen molar-refractivity contribution in [1.82, 2.24) is 0 Å². The minimum atomic E-state index is -0.0344. The van der Waals surface area contributed by atoms with Crippen molar-refractivity contribution in [2.24, 2.45) is 0 Å². The summed E-state index contributed by atoms with van der Waals surface area (Å²) in [5, 5.41) is 2.97. The van der Waals surface area contributed by atoms with Gasteiger partial charge in [0.25, 0.3) is 0 Å². The van der Waals surface area contributed by atoms with Crippen molar-refractivity contribution in [3.05, 3.63) is 59.7 Å². The number of anilines is 2. The Morgan fingerprint density at radius 3 is 2.32 bits per heavy atom. The van der Waals surface area contributed by atoms with E-state index < -0.39 is 0 Å². The summed E-state index contributed by atoms with van der Waals surface area (Å²) < 4.78 is 0. The van der Waals surface area contributed by atoms with Crippen LogP contribution in [-0.2, 0) is 16.0 Å². The molecule has 0 bridgehead atoms. The summed E-state index contributed by atoms with van der Waals surface area (Å²) in [6.45, 7) is 4.34. The summed E-state index contributed by atoms with van der Waals surface area (Å²) in [4.78, 5) is 26.6. The molecule has 1 atom stereocenters. The van der Waals surface area contributed by atoms with Crippen LogP contribution in [0, 0.1) is 0 Å². The summed E-state index contributed by atoms with van der Waals surface area (Å²) in [6.07, 6.45) is 8.62. The molecule has 2 amide bonds. The Morgan fingerprint density at radius 1 is 0.968 bits per heavy atom. The maximum atomic E-state index is 12.6. The van der Waals surface area contributed by atoms with Crippen LogP contribution >= 0.6 is 11.8 Å². The summed E-state index contributed by atoms with van der Waals surface area (Å²) in [6, 6.07) is 16.2. The lowest BCUT2D eigenvalue weighted by atomic mass is 10.1. The monoisotopic (exact) mass is 438 g/mol. The number of carbonyl (C=O) groups excluding carboxylic acids is 2. The van der Waals surface area contributed by atoms with E-state index in [2.05, 4.69) is 31.3 Å². The normalized spacial score (nSPS) is 16.0. The lowest BCUT2D eigenvalue weighted by molar-refractivity contribution is -0.116. The van der Waals surface area contributed by atoms with Gasteiger partial charge in [0.1, 0.15) is 5.37 Å². The predicted molar refractivity (Wildman–Crippen MR) is 132 cm³/mol. The summed E-state index contributed by atoms with van der Waals surface area (Å²) in [7, 11) is 0. The number of nitrogens with one attached hydrogen (secondary N) is 1. The Kier molecular flexibility index (Phi) is 9.01. The third kappa shape index (κ3) is 6.60. The first kappa shape index (κ1) is 23.4. The van der Waals surface area contributed by atoms with Crippen LogP contribution in [0.3, 0.4) is 0 Å². The van der Waals surface area contributed by atoms with E-state index in [4.69, 9.17) is 0 Å². The van der Waals surface area contributed by atoms with Crippen LogP contribution in [0.2, 0.25) is 0 Å². The van der Waals surface area contributed by atoms with E-state index >= 15 is 0 Å². The molecular weight excluding hydrogens is 404 g/mol. The van der Waals surface area contributed by atoms with Gasteiger partial charge in [-0.25, -0.2) is 0 Å². The van der Waals surface area contributed by atoms with Crippen molar-refractivity contribution in [2.45, 2.75) is 70.6 Å². The second-order valence-electron chi connectivity index (χ2n) is 8.14. The van der Waals surface area contributed by atoms with Gasteiger partial charge in [0, 0.05) is 17.8 Å². The number of benzene rings is 2. The van der Waals surface area contributed by atoms with Gasteiger partial charge in [0.2, 0.25) is 11.8 Å². The van der Waals surface area contributed by atoms with E-state index in [0.29, 0.717) is 12.2 Å². The predicted octanol–water partition coefficient (Wildman–Crippen LogP) is 6.72. The molecule has 0 aliphatic carbocycles. The fourth-order valence-corrected chi connectivity index (χ4v) is 5.04. The number of thioether (sulfide) groups is 1. The number of amides is 2. The SMILES string of the molecule is CCCCCCCCC(=O)Nc1ccc([C@@H]2SCC(=O)N2c2ccc(CC)cc2)cc1. The van der Waals surface area contributed by atoms with Gasteiger partial charge in [-0.05, 0) is 48.2 Å². The molecule has 0 saturated carbocycles. The Morgan fingerprint density at radius 2 is 1.65 bits per heavy atom. The molecule has 166 valence electrons. The first-order chi connectivity index (χ1) is 15.1. The van der Waals surface area contributed by atoms with Gasteiger partial charge in [0.15, 0.2) is 0 Å². The largest absolute Gasteiger partial charge is 0.326 e. The molecule has 4 nitrogen and oxygen atoms in total. The molecule has 2 aromatic rings. The number of hydrogen-bond donors (Lipinski definition) is 1. The second-order valence-corrected chi connectivity index (χ2v) is 9.20. The number of unbranched alkanes of at least 4 members (excludes halogenated alkanes) is 5. The van der Waals surface area contributed by atoms with Crippen molar-refractivity contribution in [3.8, 4) is 0 Å². The summed E-state index contributed by atoms with van der Waals surface area (Å²) >= 11 is 1.64. The summed E-state index contributed by atoms with van der Waals surface area (Å²) in [5.41, 5.74) is 4.09. The lowest BCUT2D eigenvalue weighted by Gasteiger charge is -2.24. The van der Waals surface area contributed by atoms with E-state index in [9.17, 15) is 9.59 Å². The molecule has 1 aliphatic rings. The lowest BCUT2D eigenvalue weighted by Crippen LogP contribution is -2.27. The van der Waals surface area contributed by atoms with Crippen molar-refractivity contribution >= 4 is 35.0 Å². The number of nitrogens with zero attached hydrogens (tertiary/aromatic N) is 1. The number of aryl methyl sites for hydroxylation is 1. The zero-order chi connectivity index (χ0) is 22.1. The zero-order valence-electron chi connectivity index (χ0n) is 18.7. The maximum absolute atomic E-state index is 12.6. The molecule has 1 fully saturated rings. The van der Waals surface area contributed by atoms with Crippen molar-refractivity contribution in [2.75, 3.05) is 16.0 Å². The molecule has 0 spiro atoms. The van der Waals surface area contributed by atoms with Crippen LogP contribution in [0.15, 0.2) is 48.5 Å². The third-order valence-electron chi connectivity index (χ3n) is 5.73. The average Bonchev–Trinajstić information content (AvgIpc) is 3.18. The molecule has 1 saturated heterocycles. The smallest absolute Gasteiger partial charge is 0.238 e. The molecule has 1 aliphatic heterocycles. The van der Waals surface area contributed by atoms with Gasteiger partial charge >= 0.3 is 0 Å². The second kappa shape index (κ2) is 11.9. The molecular formula is C26H34N2O2S. The highest BCUT2D eigenvalue weighted by atomic mass is 32.2. The van der Waals surface area contributed by atoms with Crippen molar-refractivity contribution in [1.29, 1.82) is 0 Å². The first-order valence-electron chi connectivity index (χ1n) is 11.5. The Labute approximate surface area is 190 Å². The highest BCUT2D eigenvalue weighted by molar-refractivity contribution is 8.00. The van der Waals surface area contributed by atoms with Crippen molar-refractivity contribution in [3.63, 3.8) is 0 Å². The van der Waals surface area contributed by atoms with E-state index in [1.165, 1.54) is 31.2 Å². The van der Waals surface area contributed by atoms with Crippen LogP contribution in [0.5, 0.6) is 0 Å². The number of rotatable bonds is 11. The minimum Gasteiger partial charge on any atom is -0.326 e. The highest BCUT2D eigenvalue weighted by Crippen LogP contribution is 2.42. The third-order valence-corrected chi connectivity index (χ3v) is 6.94. The zero-order valence-corrected chi connectivity index (χ0v) is 19.5. The van der Waals surface area contributed by atoms with Crippen LogP contribution in [0.1, 0.15) is 75.3 Å². The van der Waals surface area contributed by atoms with Crippen LogP contribution in [-0.4, -0.2) is 17.6 Å². The Hall–Kier alpha value is -2.27. The van der Waals surface area contributed by atoms with Crippen molar-refractivity contribution < 1.29 is 9.59 Å². The molecule has 3 rings (SSSR count). The van der Waals surface area contributed by atoms with Crippen LogP contribution in [0.4, 0.5) is 11.4 Å². The first-order valence-corrected chi connectivity index (χ1v) is 12.6. The topological polar surface area (TPSA) is 49.4 Å². The minimum absolute atomic E-state index is 0.0344. The highest BCUT2D eigenvalue weighted by Gasteiger charge is 2.33. The fraction of sp³-hybridized carbons (Fsp3) is 0.462. The standard InChI is InChI=1S/C26H34N2O2S/c1-3-5-6-7-8-9-10-24(29)27-22-15-13-21(14-16-22)26-28(25(30)19-31-26)23-17-11-20(4-2)12-18-23/h11-18,26H,3-10,19H2,1-2H3,(H,27,29)/t26-/m0/s1. The van der Waals surface area contributed by atoms with E-state index in [-0.39, 0.29) is 17.2 Å². The van der Waals surface area contributed by atoms with E-state index in [1.807, 2.05) is 41.3 Å². The van der Waals surface area contributed by atoms with Gasteiger partial charge in [0.05, 0.1) is 5.75 Å². The molecule has 0 radical (unpaired) electrons. The summed E-state index contributed by atoms with van der Waals surface area (Å²) in [5.74, 6) is 0.693. The van der Waals surface area contributed by atoms with E-state index in [0.717, 1.165) is 36.2 Å². The Balaban J connectivity index is 1.56. The maximum Gasteiger partial charge on any atom is 0.238 e. The average molecular weight is 439 g/mol. The molecule has 1 N–H and O–H groups in total. The van der Waals surface area contributed by atoms with Gasteiger partial charge in [-0.15, -0.1) is 11.8 Å². The Bertz CT molecular complexity index is 849. The number of hydrogen-bond acceptors (Lipinski definition) is 3. The molecule has 0 aromatic heterocycles. The quantitative estimate of drug-likeness (QED) is 0.396. The number of carbonyl (C=O) groups is 2. The van der Waals surface area contributed by atoms with Gasteiger partial charge in [-0.1, -0.05) is 70.2 Å². The van der Waals surface area contributed by atoms with Crippen LogP contribution in [0.25, 0.3) is 0 Å². The van der Waals surface area contributed by atoms with Gasteiger partial charge in [-0.2, -0.15) is 0 Å². The molecule has 31 heavy (non-hydrogen) atoms. The van der Waals surface area contributed by atoms with Crippen LogP contribution < -0.4 is 10.2 Å². The molecule has 1 heterocycles. The molecule has 2 aromatic carbocycles. The van der Waals surface area contributed by atoms with Gasteiger partial charge in [-0.3, -0.25) is 14.5 Å². The van der Waals surface area contributed by atoms with Gasteiger partial charge < -0.3 is 5.32 Å². The van der Waals surface area contributed by atoms with E-state index in [1.54, 1.807) is 11.8 Å². The molecule has 0 unspecified atom stereocenters.